The van der Waals surface area contributed by atoms with Gasteiger partial charge < -0.3 is 5.11 Å². The predicted molar refractivity (Wildman–Crippen MR) is 73.4 cm³/mol. The molecule has 0 spiro atoms. The number of benzene rings is 1. The Morgan fingerprint density at radius 2 is 1.94 bits per heavy atom. The summed E-state index contributed by atoms with van der Waals surface area (Å²) in [7, 11) is 0. The van der Waals surface area contributed by atoms with Crippen LogP contribution in [0.4, 0.5) is 0 Å². The molecule has 1 aromatic carbocycles. The third kappa shape index (κ3) is 6.37. The fourth-order valence-electron chi connectivity index (χ4n) is 1.47. The Morgan fingerprint density at radius 3 is 2.59 bits per heavy atom. The van der Waals surface area contributed by atoms with Crippen molar-refractivity contribution in [3.63, 3.8) is 0 Å². The van der Waals surface area contributed by atoms with Gasteiger partial charge in [0.15, 0.2) is 0 Å². The lowest BCUT2D eigenvalue weighted by Gasteiger charge is -2.02. The molecular formula is C14H20O2S. The van der Waals surface area contributed by atoms with Gasteiger partial charge in [-0.3, -0.25) is 4.79 Å². The number of Topliss-reactive ketones (excluding diaryl/α,β-unsaturated/α-hetero) is 1. The van der Waals surface area contributed by atoms with E-state index < -0.39 is 0 Å². The van der Waals surface area contributed by atoms with Gasteiger partial charge in [-0.25, -0.2) is 0 Å². The third-order valence-electron chi connectivity index (χ3n) is 2.54. The quantitative estimate of drug-likeness (QED) is 0.715. The number of unbranched alkanes of at least 4 members (excludes halogenated alkanes) is 1. The van der Waals surface area contributed by atoms with Crippen molar-refractivity contribution in [3.05, 3.63) is 29.8 Å². The largest absolute Gasteiger partial charge is 0.508 e. The van der Waals surface area contributed by atoms with Crippen LogP contribution in [0.25, 0.3) is 0 Å². The smallest absolute Gasteiger partial charge is 0.133 e. The second kappa shape index (κ2) is 8.18. The fourth-order valence-corrected chi connectivity index (χ4v) is 2.41. The Balaban J connectivity index is 2.11. The minimum Gasteiger partial charge on any atom is -0.508 e. The molecule has 1 rings (SSSR count). The van der Waals surface area contributed by atoms with Gasteiger partial charge in [-0.1, -0.05) is 25.5 Å². The second-order valence-corrected chi connectivity index (χ2v) is 5.22. The number of aromatic hydroxyl groups is 1. The monoisotopic (exact) mass is 252 g/mol. The number of carbonyl (C=O) groups is 1. The minimum absolute atomic E-state index is 0.300. The standard InChI is InChI=1S/C14H20O2S/c1-2-3-4-13(15)9-10-17-11-12-5-7-14(16)8-6-12/h5-8,16H,2-4,9-11H2,1H3. The molecule has 0 saturated heterocycles. The van der Waals surface area contributed by atoms with E-state index in [0.29, 0.717) is 18.0 Å². The van der Waals surface area contributed by atoms with Crippen molar-refractivity contribution < 1.29 is 9.90 Å². The summed E-state index contributed by atoms with van der Waals surface area (Å²) in [6.45, 7) is 2.10. The SMILES string of the molecule is CCCCC(=O)CCSCc1ccc(O)cc1. The molecule has 94 valence electrons. The number of phenols is 1. The molecule has 0 unspecified atom stereocenters. The first-order valence-electron chi connectivity index (χ1n) is 6.09. The van der Waals surface area contributed by atoms with Crippen LogP contribution < -0.4 is 0 Å². The third-order valence-corrected chi connectivity index (χ3v) is 3.57. The molecule has 0 fully saturated rings. The average Bonchev–Trinajstić information content (AvgIpc) is 2.34. The Morgan fingerprint density at radius 1 is 1.24 bits per heavy atom. The molecule has 2 nitrogen and oxygen atoms in total. The van der Waals surface area contributed by atoms with Gasteiger partial charge in [0.2, 0.25) is 0 Å². The highest BCUT2D eigenvalue weighted by Crippen LogP contribution is 2.16. The lowest BCUT2D eigenvalue weighted by Crippen LogP contribution is -1.99. The molecule has 0 aliphatic rings. The van der Waals surface area contributed by atoms with Crippen LogP contribution in [0.5, 0.6) is 5.75 Å². The molecule has 1 aromatic rings. The number of phenolic OH excluding ortho intramolecular Hbond substituents is 1. The Kier molecular flexibility index (Phi) is 6.78. The van der Waals surface area contributed by atoms with E-state index in [2.05, 4.69) is 6.92 Å². The first-order chi connectivity index (χ1) is 8.22. The fraction of sp³-hybridized carbons (Fsp3) is 0.500. The zero-order valence-corrected chi connectivity index (χ0v) is 11.1. The maximum Gasteiger partial charge on any atom is 0.133 e. The molecule has 0 atom stereocenters. The molecule has 0 aromatic heterocycles. The van der Waals surface area contributed by atoms with E-state index in [4.69, 9.17) is 5.11 Å². The van der Waals surface area contributed by atoms with Crippen molar-refractivity contribution >= 4 is 17.5 Å². The van der Waals surface area contributed by atoms with Gasteiger partial charge in [0.05, 0.1) is 0 Å². The molecule has 0 heterocycles. The van der Waals surface area contributed by atoms with Crippen LogP contribution >= 0.6 is 11.8 Å². The lowest BCUT2D eigenvalue weighted by molar-refractivity contribution is -0.118. The molecule has 0 aliphatic heterocycles. The summed E-state index contributed by atoms with van der Waals surface area (Å²) >= 11 is 1.77. The summed E-state index contributed by atoms with van der Waals surface area (Å²) in [5.74, 6) is 2.48. The van der Waals surface area contributed by atoms with Crippen molar-refractivity contribution in [2.75, 3.05) is 5.75 Å². The van der Waals surface area contributed by atoms with Crippen LogP contribution in [0.3, 0.4) is 0 Å². The molecule has 0 bridgehead atoms. The second-order valence-electron chi connectivity index (χ2n) is 4.11. The molecule has 3 heteroatoms. The van der Waals surface area contributed by atoms with E-state index in [1.807, 2.05) is 12.1 Å². The lowest BCUT2D eigenvalue weighted by atomic mass is 10.1. The van der Waals surface area contributed by atoms with Gasteiger partial charge in [-0.15, -0.1) is 0 Å². The van der Waals surface area contributed by atoms with Crippen LogP contribution in [-0.2, 0) is 10.5 Å². The van der Waals surface area contributed by atoms with Gasteiger partial charge in [0.1, 0.15) is 11.5 Å². The Labute approximate surface area is 107 Å². The maximum atomic E-state index is 11.4. The number of ketones is 1. The van der Waals surface area contributed by atoms with E-state index in [1.165, 1.54) is 5.56 Å². The number of rotatable bonds is 8. The summed E-state index contributed by atoms with van der Waals surface area (Å²) in [4.78, 5) is 11.4. The van der Waals surface area contributed by atoms with Crippen LogP contribution in [0.1, 0.15) is 38.2 Å². The first kappa shape index (κ1) is 14.1. The molecule has 0 saturated carbocycles. The van der Waals surface area contributed by atoms with E-state index >= 15 is 0 Å². The van der Waals surface area contributed by atoms with Crippen molar-refractivity contribution in [3.8, 4) is 5.75 Å². The highest BCUT2D eigenvalue weighted by atomic mass is 32.2. The van der Waals surface area contributed by atoms with Crippen molar-refractivity contribution in [1.82, 2.24) is 0 Å². The molecule has 0 radical (unpaired) electrons. The van der Waals surface area contributed by atoms with Crippen LogP contribution in [0.15, 0.2) is 24.3 Å². The summed E-state index contributed by atoms with van der Waals surface area (Å²) in [6, 6.07) is 7.23. The summed E-state index contributed by atoms with van der Waals surface area (Å²) < 4.78 is 0. The normalized spacial score (nSPS) is 10.4. The number of hydrogen-bond donors (Lipinski definition) is 1. The van der Waals surface area contributed by atoms with Crippen LogP contribution in [0.2, 0.25) is 0 Å². The highest BCUT2D eigenvalue weighted by molar-refractivity contribution is 7.98. The zero-order valence-electron chi connectivity index (χ0n) is 10.3. The topological polar surface area (TPSA) is 37.3 Å². The highest BCUT2D eigenvalue weighted by Gasteiger charge is 2.01. The average molecular weight is 252 g/mol. The van der Waals surface area contributed by atoms with Crippen molar-refractivity contribution in [2.24, 2.45) is 0 Å². The van der Waals surface area contributed by atoms with E-state index in [1.54, 1.807) is 23.9 Å². The number of hydrogen-bond acceptors (Lipinski definition) is 3. The summed E-state index contributed by atoms with van der Waals surface area (Å²) in [6.07, 6.45) is 3.52. The minimum atomic E-state index is 0.300. The Hall–Kier alpha value is -0.960. The van der Waals surface area contributed by atoms with Crippen molar-refractivity contribution in [1.29, 1.82) is 0 Å². The van der Waals surface area contributed by atoms with Crippen LogP contribution in [-0.4, -0.2) is 16.6 Å². The van der Waals surface area contributed by atoms with E-state index in [9.17, 15) is 4.79 Å². The first-order valence-corrected chi connectivity index (χ1v) is 7.25. The van der Waals surface area contributed by atoms with Gasteiger partial charge in [-0.2, -0.15) is 11.8 Å². The number of thioether (sulfide) groups is 1. The molecular weight excluding hydrogens is 232 g/mol. The molecule has 17 heavy (non-hydrogen) atoms. The van der Waals surface area contributed by atoms with Gasteiger partial charge in [0.25, 0.3) is 0 Å². The zero-order chi connectivity index (χ0) is 12.5. The van der Waals surface area contributed by atoms with Gasteiger partial charge >= 0.3 is 0 Å². The van der Waals surface area contributed by atoms with E-state index in [-0.39, 0.29) is 0 Å². The van der Waals surface area contributed by atoms with E-state index in [0.717, 1.165) is 30.8 Å². The maximum absolute atomic E-state index is 11.4. The summed E-state index contributed by atoms with van der Waals surface area (Å²) in [5, 5.41) is 9.13. The molecule has 0 aliphatic carbocycles. The predicted octanol–water partition coefficient (Wildman–Crippen LogP) is 3.77. The number of carbonyl (C=O) groups excluding carboxylic acids is 1. The van der Waals surface area contributed by atoms with Crippen molar-refractivity contribution in [2.45, 2.75) is 38.4 Å². The Bertz CT molecular complexity index is 333. The van der Waals surface area contributed by atoms with Gasteiger partial charge in [-0.05, 0) is 24.1 Å². The van der Waals surface area contributed by atoms with Crippen LogP contribution in [0, 0.1) is 0 Å². The molecule has 1 N–H and O–H groups in total. The van der Waals surface area contributed by atoms with Gasteiger partial charge in [0, 0.05) is 24.3 Å². The summed E-state index contributed by atoms with van der Waals surface area (Å²) in [5.41, 5.74) is 1.19. The molecule has 0 amide bonds.